The fourth-order valence-electron chi connectivity index (χ4n) is 4.96. The van der Waals surface area contributed by atoms with Crippen LogP contribution < -0.4 is 0 Å². The molecule has 0 spiro atoms. The lowest BCUT2D eigenvalue weighted by molar-refractivity contribution is -0.138. The van der Waals surface area contributed by atoms with Gasteiger partial charge in [0.05, 0.1) is 28.5 Å². The Labute approximate surface area is 227 Å². The van der Waals surface area contributed by atoms with E-state index >= 15 is 0 Å². The molecule has 1 aliphatic heterocycles. The average Bonchev–Trinajstić information content (AvgIpc) is 2.85. The van der Waals surface area contributed by atoms with Crippen molar-refractivity contribution in [2.45, 2.75) is 43.1 Å². The van der Waals surface area contributed by atoms with E-state index in [9.17, 15) is 21.6 Å². The predicted molar refractivity (Wildman–Crippen MR) is 143 cm³/mol. The summed E-state index contributed by atoms with van der Waals surface area (Å²) < 4.78 is 72.7. The summed E-state index contributed by atoms with van der Waals surface area (Å²) in [6.07, 6.45) is -3.13. The largest absolute Gasteiger partial charge is 0.417 e. The van der Waals surface area contributed by atoms with E-state index in [1.165, 1.54) is 10.4 Å². The number of halogens is 4. The molecule has 203 valence electrons. The van der Waals surface area contributed by atoms with Gasteiger partial charge in [-0.25, -0.2) is 8.42 Å². The quantitative estimate of drug-likeness (QED) is 0.274. The third-order valence-corrected chi connectivity index (χ3v) is 8.72. The Bertz CT molecular complexity index is 1290. The number of alkyl halides is 3. The van der Waals surface area contributed by atoms with Gasteiger partial charge in [-0.05, 0) is 35.6 Å². The number of rotatable bonds is 10. The number of sulfonamides is 1. The van der Waals surface area contributed by atoms with Crippen LogP contribution in [0.3, 0.4) is 0 Å². The van der Waals surface area contributed by atoms with E-state index in [2.05, 4.69) is 6.92 Å². The van der Waals surface area contributed by atoms with E-state index in [0.29, 0.717) is 12.0 Å². The Morgan fingerprint density at radius 1 is 0.974 bits per heavy atom. The van der Waals surface area contributed by atoms with E-state index in [0.717, 1.165) is 23.4 Å². The van der Waals surface area contributed by atoms with Crippen LogP contribution in [0.4, 0.5) is 13.2 Å². The molecule has 0 aliphatic carbocycles. The third kappa shape index (κ3) is 6.60. The Morgan fingerprint density at radius 3 is 2.00 bits per heavy atom. The Morgan fingerprint density at radius 2 is 1.53 bits per heavy atom. The molecule has 1 fully saturated rings. The van der Waals surface area contributed by atoms with Gasteiger partial charge < -0.3 is 4.74 Å². The molecule has 1 atom stereocenters. The number of benzene rings is 3. The van der Waals surface area contributed by atoms with Gasteiger partial charge in [-0.15, -0.1) is 0 Å². The van der Waals surface area contributed by atoms with Crippen molar-refractivity contribution in [1.29, 1.82) is 0 Å². The molecule has 1 radical (unpaired) electrons. The third-order valence-electron chi connectivity index (χ3n) is 7.03. The van der Waals surface area contributed by atoms with Crippen LogP contribution in [0, 0.1) is 6.92 Å². The molecular formula is C29H30ClF3NO3S. The normalized spacial score (nSPS) is 16.8. The lowest BCUT2D eigenvalue weighted by Gasteiger charge is -2.45. The summed E-state index contributed by atoms with van der Waals surface area (Å²) >= 11 is 6.31. The van der Waals surface area contributed by atoms with E-state index in [1.807, 2.05) is 60.7 Å². The zero-order chi connectivity index (χ0) is 27.6. The Kier molecular flexibility index (Phi) is 8.57. The minimum absolute atomic E-state index is 0.0881. The highest BCUT2D eigenvalue weighted by atomic mass is 35.5. The molecule has 3 aromatic rings. The highest BCUT2D eigenvalue weighted by molar-refractivity contribution is 7.88. The molecule has 0 saturated carbocycles. The van der Waals surface area contributed by atoms with E-state index in [4.69, 9.17) is 16.3 Å². The van der Waals surface area contributed by atoms with Gasteiger partial charge in [0.25, 0.3) is 0 Å². The summed E-state index contributed by atoms with van der Waals surface area (Å²) in [6.45, 7) is 4.51. The molecule has 1 aliphatic rings. The molecule has 4 rings (SSSR count). The lowest BCUT2D eigenvalue weighted by atomic mass is 9.77. The van der Waals surface area contributed by atoms with Crippen molar-refractivity contribution in [3.63, 3.8) is 0 Å². The fraction of sp³-hybridized carbons (Fsp3) is 0.345. The number of ether oxygens (including phenoxy) is 1. The van der Waals surface area contributed by atoms with Crippen LogP contribution in [0.15, 0.2) is 78.9 Å². The maximum Gasteiger partial charge on any atom is 0.417 e. The minimum atomic E-state index is -4.60. The smallest absolute Gasteiger partial charge is 0.369 e. The molecular weight excluding hydrogens is 535 g/mol. The van der Waals surface area contributed by atoms with Crippen LogP contribution in [0.25, 0.3) is 0 Å². The SMILES string of the molecule is [CH2]CC(Cc1cccc(C(F)(F)F)c1Cl)(CC(c1ccccc1)c1ccccc1)OC1CN(S(C)(=O)=O)C1. The van der Waals surface area contributed by atoms with Gasteiger partial charge in [0.1, 0.15) is 0 Å². The zero-order valence-corrected chi connectivity index (χ0v) is 22.6. The average molecular weight is 565 g/mol. The van der Waals surface area contributed by atoms with Gasteiger partial charge in [0, 0.05) is 25.4 Å². The lowest BCUT2D eigenvalue weighted by Crippen LogP contribution is -2.57. The highest BCUT2D eigenvalue weighted by Crippen LogP contribution is 2.42. The molecule has 0 N–H and O–H groups in total. The van der Waals surface area contributed by atoms with Gasteiger partial charge in [-0.3, -0.25) is 0 Å². The van der Waals surface area contributed by atoms with Gasteiger partial charge in [0.15, 0.2) is 0 Å². The molecule has 1 unspecified atom stereocenters. The topological polar surface area (TPSA) is 46.6 Å². The van der Waals surface area contributed by atoms with Gasteiger partial charge >= 0.3 is 6.18 Å². The van der Waals surface area contributed by atoms with Crippen molar-refractivity contribution in [3.8, 4) is 0 Å². The van der Waals surface area contributed by atoms with Gasteiger partial charge in [0.2, 0.25) is 10.0 Å². The van der Waals surface area contributed by atoms with Crippen LogP contribution in [0.5, 0.6) is 0 Å². The van der Waals surface area contributed by atoms with Crippen molar-refractivity contribution in [2.75, 3.05) is 19.3 Å². The summed E-state index contributed by atoms with van der Waals surface area (Å²) in [5.41, 5.74) is 0.454. The van der Waals surface area contributed by atoms with Crippen molar-refractivity contribution < 1.29 is 26.3 Å². The maximum absolute atomic E-state index is 13.6. The standard InChI is InChI=1S/C29H30ClF3NO3S/c1-3-28(37-24-19-34(20-24)38(2,35)36,17-23-15-10-16-26(27(23)30)29(31,32)33)18-25(21-11-6-4-7-12-21)22-13-8-5-9-14-22/h4-16,24-25H,1,3,17-20H2,2H3. The second kappa shape index (κ2) is 11.4. The molecule has 3 aromatic carbocycles. The van der Waals surface area contributed by atoms with E-state index in [-0.39, 0.29) is 36.9 Å². The van der Waals surface area contributed by atoms with Crippen LogP contribution in [-0.4, -0.2) is 43.8 Å². The van der Waals surface area contributed by atoms with Crippen LogP contribution in [-0.2, 0) is 27.4 Å². The molecule has 1 saturated heterocycles. The first kappa shape index (κ1) is 28.6. The second-order valence-electron chi connectivity index (χ2n) is 9.78. The monoisotopic (exact) mass is 564 g/mol. The molecule has 9 heteroatoms. The summed E-state index contributed by atoms with van der Waals surface area (Å²) in [7, 11) is -3.37. The number of hydrogen-bond donors (Lipinski definition) is 0. The van der Waals surface area contributed by atoms with Crippen LogP contribution in [0.2, 0.25) is 5.02 Å². The zero-order valence-electron chi connectivity index (χ0n) is 21.0. The second-order valence-corrected chi connectivity index (χ2v) is 12.1. The highest BCUT2D eigenvalue weighted by Gasteiger charge is 2.43. The Hall–Kier alpha value is -2.39. The maximum atomic E-state index is 13.6. The van der Waals surface area contributed by atoms with Gasteiger partial charge in [-0.1, -0.05) is 91.3 Å². The fourth-order valence-corrected chi connectivity index (χ4v) is 6.14. The van der Waals surface area contributed by atoms with Gasteiger partial charge in [-0.2, -0.15) is 17.5 Å². The van der Waals surface area contributed by atoms with Crippen molar-refractivity contribution >= 4 is 21.6 Å². The summed E-state index contributed by atoms with van der Waals surface area (Å²) in [5.74, 6) is -0.144. The molecule has 38 heavy (non-hydrogen) atoms. The molecule has 1 heterocycles. The van der Waals surface area contributed by atoms with E-state index in [1.54, 1.807) is 6.07 Å². The molecule has 4 nitrogen and oxygen atoms in total. The first-order valence-corrected chi connectivity index (χ1v) is 14.5. The number of nitrogens with zero attached hydrogens (tertiary/aromatic N) is 1. The summed E-state index contributed by atoms with van der Waals surface area (Å²) in [5, 5.41) is -0.358. The molecule has 0 aromatic heterocycles. The van der Waals surface area contributed by atoms with Crippen LogP contribution in [0.1, 0.15) is 41.0 Å². The molecule has 0 bridgehead atoms. The van der Waals surface area contributed by atoms with Crippen molar-refractivity contribution in [3.05, 3.63) is 113 Å². The van der Waals surface area contributed by atoms with Crippen molar-refractivity contribution in [2.24, 2.45) is 0 Å². The molecule has 0 amide bonds. The van der Waals surface area contributed by atoms with Crippen LogP contribution >= 0.6 is 11.6 Å². The first-order valence-electron chi connectivity index (χ1n) is 12.3. The number of hydrogen-bond acceptors (Lipinski definition) is 3. The Balaban J connectivity index is 1.74. The first-order chi connectivity index (χ1) is 17.9. The predicted octanol–water partition coefficient (Wildman–Crippen LogP) is 6.75. The van der Waals surface area contributed by atoms with Crippen molar-refractivity contribution in [1.82, 2.24) is 4.31 Å². The summed E-state index contributed by atoms with van der Waals surface area (Å²) in [6, 6.07) is 23.5. The van der Waals surface area contributed by atoms with E-state index < -0.39 is 33.5 Å². The minimum Gasteiger partial charge on any atom is -0.369 e. The summed E-state index contributed by atoms with van der Waals surface area (Å²) in [4.78, 5) is 0.